The summed E-state index contributed by atoms with van der Waals surface area (Å²) in [7, 11) is 0. The second kappa shape index (κ2) is 6.40. The molecule has 2 N–H and O–H groups in total. The quantitative estimate of drug-likeness (QED) is 0.882. The van der Waals surface area contributed by atoms with Crippen molar-refractivity contribution in [1.29, 1.82) is 0 Å². The van der Waals surface area contributed by atoms with Crippen molar-refractivity contribution >= 4 is 17.8 Å². The summed E-state index contributed by atoms with van der Waals surface area (Å²) >= 11 is 0. The van der Waals surface area contributed by atoms with Gasteiger partial charge in [0.1, 0.15) is 12.8 Å². The molecule has 0 aliphatic heterocycles. The average molecular weight is 282 g/mol. The van der Waals surface area contributed by atoms with E-state index in [0.29, 0.717) is 5.82 Å². The third-order valence-corrected chi connectivity index (χ3v) is 2.39. The van der Waals surface area contributed by atoms with Crippen LogP contribution in [0.4, 0.5) is 10.6 Å². The SMILES string of the molecule is CC(C)N(CC(=O)Nc1ccon1)C(=O)NC(C)(C)C. The molecule has 0 unspecified atom stereocenters. The number of nitrogens with zero attached hydrogens (tertiary/aromatic N) is 2. The van der Waals surface area contributed by atoms with Crippen LogP contribution in [0.15, 0.2) is 16.9 Å². The number of urea groups is 1. The van der Waals surface area contributed by atoms with E-state index in [4.69, 9.17) is 0 Å². The molecule has 0 spiro atoms. The highest BCUT2D eigenvalue weighted by molar-refractivity contribution is 5.93. The largest absolute Gasteiger partial charge is 0.363 e. The van der Waals surface area contributed by atoms with E-state index in [0.717, 1.165) is 0 Å². The number of aromatic nitrogens is 1. The molecule has 0 bridgehead atoms. The number of nitrogens with one attached hydrogen (secondary N) is 2. The van der Waals surface area contributed by atoms with Crippen molar-refractivity contribution in [2.45, 2.75) is 46.2 Å². The Morgan fingerprint density at radius 2 is 2.05 bits per heavy atom. The van der Waals surface area contributed by atoms with Crippen molar-refractivity contribution < 1.29 is 14.1 Å². The molecule has 0 saturated carbocycles. The molecule has 7 heteroatoms. The van der Waals surface area contributed by atoms with Crippen molar-refractivity contribution in [3.63, 3.8) is 0 Å². The predicted molar refractivity (Wildman–Crippen MR) is 75.3 cm³/mol. The molecule has 0 atom stereocenters. The van der Waals surface area contributed by atoms with E-state index in [2.05, 4.69) is 20.3 Å². The molecule has 3 amide bonds. The van der Waals surface area contributed by atoms with Gasteiger partial charge in [-0.3, -0.25) is 4.79 Å². The van der Waals surface area contributed by atoms with Gasteiger partial charge in [-0.2, -0.15) is 0 Å². The molecule has 0 saturated heterocycles. The van der Waals surface area contributed by atoms with E-state index < -0.39 is 0 Å². The summed E-state index contributed by atoms with van der Waals surface area (Å²) in [6.45, 7) is 9.32. The fourth-order valence-electron chi connectivity index (χ4n) is 1.50. The van der Waals surface area contributed by atoms with Gasteiger partial charge in [0, 0.05) is 17.6 Å². The molecule has 1 heterocycles. The van der Waals surface area contributed by atoms with Gasteiger partial charge in [-0.05, 0) is 34.6 Å². The van der Waals surface area contributed by atoms with E-state index >= 15 is 0 Å². The molecule has 7 nitrogen and oxygen atoms in total. The number of anilines is 1. The van der Waals surface area contributed by atoms with Crippen LogP contribution in [0.2, 0.25) is 0 Å². The monoisotopic (exact) mass is 282 g/mol. The highest BCUT2D eigenvalue weighted by atomic mass is 16.5. The third-order valence-electron chi connectivity index (χ3n) is 2.39. The minimum Gasteiger partial charge on any atom is -0.363 e. The second-order valence-electron chi connectivity index (χ2n) is 5.83. The first-order chi connectivity index (χ1) is 9.19. The van der Waals surface area contributed by atoms with E-state index in [1.54, 1.807) is 0 Å². The topological polar surface area (TPSA) is 87.5 Å². The Hall–Kier alpha value is -2.05. The van der Waals surface area contributed by atoms with Crippen LogP contribution in [-0.4, -0.2) is 40.1 Å². The van der Waals surface area contributed by atoms with E-state index in [9.17, 15) is 9.59 Å². The van der Waals surface area contributed by atoms with Crippen LogP contribution in [0, 0.1) is 0 Å². The van der Waals surface area contributed by atoms with Crippen LogP contribution in [0.1, 0.15) is 34.6 Å². The Balaban J connectivity index is 2.63. The van der Waals surface area contributed by atoms with Gasteiger partial charge in [0.15, 0.2) is 5.82 Å². The van der Waals surface area contributed by atoms with Crippen LogP contribution < -0.4 is 10.6 Å². The highest BCUT2D eigenvalue weighted by Gasteiger charge is 2.24. The van der Waals surface area contributed by atoms with Gasteiger partial charge in [0.25, 0.3) is 0 Å². The van der Waals surface area contributed by atoms with Crippen molar-refractivity contribution in [2.24, 2.45) is 0 Å². The van der Waals surface area contributed by atoms with Gasteiger partial charge >= 0.3 is 6.03 Å². The number of carbonyl (C=O) groups excluding carboxylic acids is 2. The zero-order valence-electron chi connectivity index (χ0n) is 12.6. The molecular formula is C13H22N4O3. The van der Waals surface area contributed by atoms with Crippen LogP contribution in [0.25, 0.3) is 0 Å². The van der Waals surface area contributed by atoms with Gasteiger partial charge in [-0.1, -0.05) is 5.16 Å². The lowest BCUT2D eigenvalue weighted by Crippen LogP contribution is -2.52. The summed E-state index contributed by atoms with van der Waals surface area (Å²) < 4.78 is 4.62. The maximum absolute atomic E-state index is 12.1. The number of carbonyl (C=O) groups is 2. The molecule has 20 heavy (non-hydrogen) atoms. The lowest BCUT2D eigenvalue weighted by molar-refractivity contribution is -0.117. The van der Waals surface area contributed by atoms with Crippen molar-refractivity contribution in [3.8, 4) is 0 Å². The molecule has 1 rings (SSSR count). The van der Waals surface area contributed by atoms with Crippen LogP contribution in [0.3, 0.4) is 0 Å². The van der Waals surface area contributed by atoms with Gasteiger partial charge in [0.05, 0.1) is 0 Å². The minimum atomic E-state index is -0.354. The molecule has 1 aromatic rings. The normalized spacial score (nSPS) is 11.3. The summed E-state index contributed by atoms with van der Waals surface area (Å²) in [6.07, 6.45) is 1.36. The van der Waals surface area contributed by atoms with Crippen LogP contribution in [0.5, 0.6) is 0 Å². The smallest absolute Gasteiger partial charge is 0.318 e. The van der Waals surface area contributed by atoms with Gasteiger partial charge in [0.2, 0.25) is 5.91 Å². The number of rotatable bonds is 4. The minimum absolute atomic E-state index is 0.0492. The Bertz CT molecular complexity index is 449. The molecule has 0 aromatic carbocycles. The first kappa shape index (κ1) is 16.0. The third kappa shape index (κ3) is 5.29. The molecule has 0 aliphatic carbocycles. The molecule has 112 valence electrons. The van der Waals surface area contributed by atoms with Crippen molar-refractivity contribution in [2.75, 3.05) is 11.9 Å². The lowest BCUT2D eigenvalue weighted by atomic mass is 10.1. The molecule has 0 radical (unpaired) electrons. The standard InChI is InChI=1S/C13H22N4O3/c1-9(2)17(12(19)15-13(3,4)5)8-11(18)14-10-6-7-20-16-10/h6-7,9H,8H2,1-5H3,(H,15,19)(H,14,16,18). The summed E-state index contributed by atoms with van der Waals surface area (Å²) in [5, 5.41) is 8.98. The van der Waals surface area contributed by atoms with E-state index in [1.807, 2.05) is 34.6 Å². The average Bonchev–Trinajstić information content (AvgIpc) is 2.75. The number of amides is 3. The molecule has 0 fully saturated rings. The Morgan fingerprint density at radius 3 is 2.50 bits per heavy atom. The van der Waals surface area contributed by atoms with E-state index in [1.165, 1.54) is 17.2 Å². The zero-order chi connectivity index (χ0) is 15.3. The van der Waals surface area contributed by atoms with Crippen LogP contribution >= 0.6 is 0 Å². The number of hydrogen-bond acceptors (Lipinski definition) is 4. The predicted octanol–water partition coefficient (Wildman–Crippen LogP) is 1.83. The number of hydrogen-bond donors (Lipinski definition) is 2. The van der Waals surface area contributed by atoms with Crippen LogP contribution in [-0.2, 0) is 4.79 Å². The summed E-state index contributed by atoms with van der Waals surface area (Å²) in [4.78, 5) is 25.5. The maximum Gasteiger partial charge on any atom is 0.318 e. The van der Waals surface area contributed by atoms with Crippen molar-refractivity contribution in [1.82, 2.24) is 15.4 Å². The fourth-order valence-corrected chi connectivity index (χ4v) is 1.50. The maximum atomic E-state index is 12.1. The Morgan fingerprint density at radius 1 is 1.40 bits per heavy atom. The summed E-state index contributed by atoms with van der Waals surface area (Å²) in [5.41, 5.74) is -0.354. The molecular weight excluding hydrogens is 260 g/mol. The van der Waals surface area contributed by atoms with Gasteiger partial charge in [-0.15, -0.1) is 0 Å². The van der Waals surface area contributed by atoms with Crippen molar-refractivity contribution in [3.05, 3.63) is 12.3 Å². The molecule has 1 aromatic heterocycles. The second-order valence-corrected chi connectivity index (χ2v) is 5.83. The Kier molecular flexibility index (Phi) is 5.12. The first-order valence-corrected chi connectivity index (χ1v) is 6.48. The fraction of sp³-hybridized carbons (Fsp3) is 0.615. The van der Waals surface area contributed by atoms with E-state index in [-0.39, 0.29) is 30.1 Å². The van der Waals surface area contributed by atoms with Gasteiger partial charge in [-0.25, -0.2) is 4.79 Å². The lowest BCUT2D eigenvalue weighted by Gasteiger charge is -2.30. The summed E-state index contributed by atoms with van der Waals surface area (Å²) in [6, 6.07) is 1.16. The van der Waals surface area contributed by atoms with Gasteiger partial charge < -0.3 is 20.1 Å². The molecule has 0 aliphatic rings. The Labute approximate surface area is 118 Å². The first-order valence-electron chi connectivity index (χ1n) is 6.48. The zero-order valence-corrected chi connectivity index (χ0v) is 12.6. The summed E-state index contributed by atoms with van der Waals surface area (Å²) in [5.74, 6) is 0.00611. The highest BCUT2D eigenvalue weighted by Crippen LogP contribution is 2.06.